The minimum atomic E-state index is -4.66. The number of hydrogen-bond donors (Lipinski definition) is 0. The van der Waals surface area contributed by atoms with E-state index in [1.807, 2.05) is 46.9 Å². The summed E-state index contributed by atoms with van der Waals surface area (Å²) in [6.07, 6.45) is -4.66. The Hall–Kier alpha value is -1.08. The molecule has 1 aromatic heterocycles. The van der Waals surface area contributed by atoms with Crippen LogP contribution < -0.4 is 4.74 Å². The largest absolute Gasteiger partial charge is 0.573 e. The van der Waals surface area contributed by atoms with Crippen molar-refractivity contribution in [3.63, 3.8) is 0 Å². The Morgan fingerprint density at radius 2 is 1.50 bits per heavy atom. The molecule has 7 heteroatoms. The van der Waals surface area contributed by atoms with Crippen LogP contribution in [0, 0.1) is 0 Å². The van der Waals surface area contributed by atoms with E-state index in [1.165, 1.54) is 23.5 Å². The topological polar surface area (TPSA) is 22.1 Å². The molecular weight excluding hydrogens is 403 g/mol. The molecule has 0 saturated heterocycles. The standard InChI is InChI=1S/C11H7BrF3NOS.3C2H6/c12-5-10-16-9(6-18-10)7-1-3-8(4-2-7)17-11(13,14)15;3*1-2/h1-4,6H,5H2;3*1-2H3. The van der Waals surface area contributed by atoms with Crippen molar-refractivity contribution >= 4 is 27.3 Å². The van der Waals surface area contributed by atoms with E-state index in [0.29, 0.717) is 5.33 Å². The Morgan fingerprint density at radius 3 is 1.88 bits per heavy atom. The van der Waals surface area contributed by atoms with Gasteiger partial charge in [0, 0.05) is 10.9 Å². The van der Waals surface area contributed by atoms with Crippen LogP contribution >= 0.6 is 27.3 Å². The van der Waals surface area contributed by atoms with E-state index in [-0.39, 0.29) is 5.75 Å². The Balaban J connectivity index is 0. The van der Waals surface area contributed by atoms with Crippen LogP contribution in [0.15, 0.2) is 29.6 Å². The molecule has 1 heterocycles. The van der Waals surface area contributed by atoms with Gasteiger partial charge < -0.3 is 4.74 Å². The number of benzene rings is 1. The lowest BCUT2D eigenvalue weighted by atomic mass is 10.2. The minimum Gasteiger partial charge on any atom is -0.406 e. The van der Waals surface area contributed by atoms with E-state index in [9.17, 15) is 13.2 Å². The highest BCUT2D eigenvalue weighted by Crippen LogP contribution is 2.27. The second-order valence-electron chi connectivity index (χ2n) is 3.33. The van der Waals surface area contributed by atoms with Gasteiger partial charge in [0.1, 0.15) is 10.8 Å². The van der Waals surface area contributed by atoms with E-state index in [1.54, 1.807) is 12.1 Å². The summed E-state index contributed by atoms with van der Waals surface area (Å²) in [7, 11) is 0. The number of aromatic nitrogens is 1. The molecule has 138 valence electrons. The third-order valence-electron chi connectivity index (χ3n) is 2.05. The molecule has 2 nitrogen and oxygen atoms in total. The number of thiazole rings is 1. The zero-order chi connectivity index (χ0) is 19.2. The van der Waals surface area contributed by atoms with Gasteiger partial charge in [0.2, 0.25) is 0 Å². The molecule has 2 rings (SSSR count). The van der Waals surface area contributed by atoms with Crippen LogP contribution in [-0.4, -0.2) is 11.3 Å². The number of alkyl halides is 4. The van der Waals surface area contributed by atoms with Crippen molar-refractivity contribution in [1.82, 2.24) is 4.98 Å². The van der Waals surface area contributed by atoms with Gasteiger partial charge in [-0.1, -0.05) is 57.5 Å². The van der Waals surface area contributed by atoms with Gasteiger partial charge in [0.25, 0.3) is 0 Å². The summed E-state index contributed by atoms with van der Waals surface area (Å²) in [4.78, 5) is 4.31. The zero-order valence-corrected chi connectivity index (χ0v) is 17.3. The molecule has 0 radical (unpaired) electrons. The number of halogens is 4. The summed E-state index contributed by atoms with van der Waals surface area (Å²) in [6.45, 7) is 12.0. The van der Waals surface area contributed by atoms with Crippen molar-refractivity contribution in [3.05, 3.63) is 34.7 Å². The number of nitrogens with zero attached hydrogens (tertiary/aromatic N) is 1. The summed E-state index contributed by atoms with van der Waals surface area (Å²) in [6, 6.07) is 5.65. The van der Waals surface area contributed by atoms with E-state index >= 15 is 0 Å². The predicted molar refractivity (Wildman–Crippen MR) is 101 cm³/mol. The molecule has 2 aromatic rings. The first-order chi connectivity index (χ1) is 11.5. The molecule has 1 aromatic carbocycles. The summed E-state index contributed by atoms with van der Waals surface area (Å²) in [5.74, 6) is -0.234. The molecule has 0 atom stereocenters. The third-order valence-corrected chi connectivity index (χ3v) is 3.80. The summed E-state index contributed by atoms with van der Waals surface area (Å²) < 4.78 is 39.7. The molecule has 0 aliphatic rings. The van der Waals surface area contributed by atoms with Crippen molar-refractivity contribution < 1.29 is 17.9 Å². The monoisotopic (exact) mass is 427 g/mol. The van der Waals surface area contributed by atoms with Gasteiger partial charge >= 0.3 is 6.36 Å². The van der Waals surface area contributed by atoms with Crippen molar-refractivity contribution in [2.45, 2.75) is 53.2 Å². The Morgan fingerprint density at radius 1 is 1.00 bits per heavy atom. The van der Waals surface area contributed by atoms with Crippen LogP contribution in [0.4, 0.5) is 13.2 Å². The van der Waals surface area contributed by atoms with Gasteiger partial charge in [-0.3, -0.25) is 0 Å². The predicted octanol–water partition coefficient (Wildman–Crippen LogP) is 7.68. The molecule has 24 heavy (non-hydrogen) atoms. The maximum Gasteiger partial charge on any atom is 0.573 e. The van der Waals surface area contributed by atoms with E-state index in [4.69, 9.17) is 0 Å². The molecule has 0 amide bonds. The summed E-state index contributed by atoms with van der Waals surface area (Å²) in [5.41, 5.74) is 1.50. The lowest BCUT2D eigenvalue weighted by Crippen LogP contribution is -2.16. The van der Waals surface area contributed by atoms with Gasteiger partial charge in [-0.25, -0.2) is 4.98 Å². The highest BCUT2D eigenvalue weighted by atomic mass is 79.9. The molecule has 0 bridgehead atoms. The quantitative estimate of drug-likeness (QED) is 0.468. The van der Waals surface area contributed by atoms with Crippen LogP contribution in [0.2, 0.25) is 0 Å². The SMILES string of the molecule is CC.CC.CC.FC(F)(F)Oc1ccc(-c2csc(CBr)n2)cc1. The van der Waals surface area contributed by atoms with Gasteiger partial charge in [-0.15, -0.1) is 24.5 Å². The fourth-order valence-corrected chi connectivity index (χ4v) is 2.50. The second-order valence-corrected chi connectivity index (χ2v) is 4.84. The van der Waals surface area contributed by atoms with Crippen LogP contribution in [-0.2, 0) is 5.33 Å². The molecule has 0 saturated carbocycles. The molecule has 0 N–H and O–H groups in total. The number of ether oxygens (including phenoxy) is 1. The molecule has 0 fully saturated rings. The first-order valence-electron chi connectivity index (χ1n) is 7.84. The Bertz CT molecular complexity index is 527. The zero-order valence-electron chi connectivity index (χ0n) is 14.9. The van der Waals surface area contributed by atoms with Gasteiger partial charge in [0.05, 0.1) is 11.0 Å². The van der Waals surface area contributed by atoms with Crippen molar-refractivity contribution in [2.24, 2.45) is 0 Å². The highest BCUT2D eigenvalue weighted by molar-refractivity contribution is 9.08. The van der Waals surface area contributed by atoms with E-state index in [2.05, 4.69) is 25.7 Å². The second kappa shape index (κ2) is 14.3. The number of hydrogen-bond acceptors (Lipinski definition) is 3. The summed E-state index contributed by atoms with van der Waals surface area (Å²) >= 11 is 4.78. The molecule has 0 spiro atoms. The van der Waals surface area contributed by atoms with Crippen LogP contribution in [0.5, 0.6) is 5.75 Å². The average molecular weight is 428 g/mol. The van der Waals surface area contributed by atoms with Gasteiger partial charge in [0.15, 0.2) is 0 Å². The van der Waals surface area contributed by atoms with Gasteiger partial charge in [-0.2, -0.15) is 0 Å². The normalized spacial score (nSPS) is 9.42. The highest BCUT2D eigenvalue weighted by Gasteiger charge is 2.30. The Labute approximate surface area is 155 Å². The summed E-state index contributed by atoms with van der Waals surface area (Å²) in [5, 5.41) is 3.43. The van der Waals surface area contributed by atoms with E-state index < -0.39 is 6.36 Å². The van der Waals surface area contributed by atoms with Crippen LogP contribution in [0.3, 0.4) is 0 Å². The molecular formula is C17H25BrF3NOS. The van der Waals surface area contributed by atoms with Crippen LogP contribution in [0.25, 0.3) is 11.3 Å². The van der Waals surface area contributed by atoms with Crippen LogP contribution in [0.1, 0.15) is 46.6 Å². The van der Waals surface area contributed by atoms with Crippen molar-refractivity contribution in [2.75, 3.05) is 0 Å². The Kier molecular flexibility index (Phi) is 15.0. The fourth-order valence-electron chi connectivity index (χ4n) is 1.33. The minimum absolute atomic E-state index is 0.234. The molecule has 0 unspecified atom stereocenters. The number of rotatable bonds is 3. The molecule has 0 aliphatic carbocycles. The maximum absolute atomic E-state index is 12.0. The first kappa shape index (κ1) is 25.2. The third kappa shape index (κ3) is 9.93. The lowest BCUT2D eigenvalue weighted by molar-refractivity contribution is -0.274. The van der Waals surface area contributed by atoms with E-state index in [0.717, 1.165) is 16.3 Å². The fraction of sp³-hybridized carbons (Fsp3) is 0.471. The first-order valence-corrected chi connectivity index (χ1v) is 9.84. The maximum atomic E-state index is 12.0. The average Bonchev–Trinajstić information content (AvgIpc) is 3.09. The van der Waals surface area contributed by atoms with Crippen molar-refractivity contribution in [1.29, 1.82) is 0 Å². The smallest absolute Gasteiger partial charge is 0.406 e. The lowest BCUT2D eigenvalue weighted by Gasteiger charge is -2.08. The molecule has 0 aliphatic heterocycles. The van der Waals surface area contributed by atoms with Gasteiger partial charge in [-0.05, 0) is 24.3 Å². The van der Waals surface area contributed by atoms with Crippen molar-refractivity contribution in [3.8, 4) is 17.0 Å².